The van der Waals surface area contributed by atoms with Crippen molar-refractivity contribution in [1.82, 2.24) is 9.80 Å². The van der Waals surface area contributed by atoms with Crippen LogP contribution in [0.4, 0.5) is 0 Å². The van der Waals surface area contributed by atoms with Crippen LogP contribution in [-0.4, -0.2) is 50.6 Å². The van der Waals surface area contributed by atoms with E-state index in [1.807, 2.05) is 24.3 Å². The van der Waals surface area contributed by atoms with Crippen LogP contribution in [0.5, 0.6) is 0 Å². The minimum atomic E-state index is 0.694. The van der Waals surface area contributed by atoms with E-state index in [1.54, 1.807) is 0 Å². The predicted octanol–water partition coefficient (Wildman–Crippen LogP) is 4.41. The van der Waals surface area contributed by atoms with Gasteiger partial charge in [-0.2, -0.15) is 5.26 Å². The summed E-state index contributed by atoms with van der Waals surface area (Å²) < 4.78 is 0. The third-order valence-corrected chi connectivity index (χ3v) is 4.96. The standard InChI is InChI=1S/C24H27N3/c1-26(2)14-15-27(3)13-12-19-4-9-24-17-23(11-10-22(24)16-19)21-7-5-20(18-25)6-8-21/h4-11,16-17H,12-15H2,1-3H3. The van der Waals surface area contributed by atoms with Crippen LogP contribution in [0.15, 0.2) is 60.7 Å². The fourth-order valence-electron chi connectivity index (χ4n) is 3.17. The third-order valence-electron chi connectivity index (χ3n) is 4.96. The zero-order valence-electron chi connectivity index (χ0n) is 16.4. The van der Waals surface area contributed by atoms with Crippen molar-refractivity contribution >= 4 is 10.8 Å². The minimum Gasteiger partial charge on any atom is -0.308 e. The van der Waals surface area contributed by atoms with E-state index in [0.29, 0.717) is 5.56 Å². The first-order valence-corrected chi connectivity index (χ1v) is 9.41. The van der Waals surface area contributed by atoms with Crippen LogP contribution < -0.4 is 0 Å². The van der Waals surface area contributed by atoms with E-state index in [1.165, 1.54) is 21.9 Å². The first-order valence-electron chi connectivity index (χ1n) is 9.41. The molecule has 0 atom stereocenters. The van der Waals surface area contributed by atoms with E-state index in [2.05, 4.69) is 73.4 Å². The highest BCUT2D eigenvalue weighted by atomic mass is 15.1. The van der Waals surface area contributed by atoms with Crippen LogP contribution >= 0.6 is 0 Å². The Morgan fingerprint density at radius 2 is 1.41 bits per heavy atom. The van der Waals surface area contributed by atoms with Gasteiger partial charge in [-0.05, 0) is 73.2 Å². The van der Waals surface area contributed by atoms with Crippen molar-refractivity contribution in [2.75, 3.05) is 40.8 Å². The van der Waals surface area contributed by atoms with Crippen LogP contribution in [0.25, 0.3) is 21.9 Å². The van der Waals surface area contributed by atoms with Gasteiger partial charge in [-0.15, -0.1) is 0 Å². The Morgan fingerprint density at radius 3 is 2.11 bits per heavy atom. The highest BCUT2D eigenvalue weighted by Crippen LogP contribution is 2.25. The van der Waals surface area contributed by atoms with E-state index in [-0.39, 0.29) is 0 Å². The van der Waals surface area contributed by atoms with Crippen LogP contribution in [0.2, 0.25) is 0 Å². The largest absolute Gasteiger partial charge is 0.308 e. The summed E-state index contributed by atoms with van der Waals surface area (Å²) in [6, 6.07) is 23.3. The fourth-order valence-corrected chi connectivity index (χ4v) is 3.17. The molecule has 0 radical (unpaired) electrons. The SMILES string of the molecule is CN(C)CCN(C)CCc1ccc2cc(-c3ccc(C#N)cc3)ccc2c1. The molecule has 0 bridgehead atoms. The van der Waals surface area contributed by atoms with E-state index in [9.17, 15) is 0 Å². The summed E-state index contributed by atoms with van der Waals surface area (Å²) in [6.07, 6.45) is 1.07. The van der Waals surface area contributed by atoms with Gasteiger partial charge in [0.2, 0.25) is 0 Å². The van der Waals surface area contributed by atoms with Gasteiger partial charge in [0.05, 0.1) is 11.6 Å². The summed E-state index contributed by atoms with van der Waals surface area (Å²) in [5.74, 6) is 0. The maximum Gasteiger partial charge on any atom is 0.0991 e. The highest BCUT2D eigenvalue weighted by molar-refractivity contribution is 5.87. The molecule has 138 valence electrons. The van der Waals surface area contributed by atoms with Crippen molar-refractivity contribution in [3.8, 4) is 17.2 Å². The van der Waals surface area contributed by atoms with Gasteiger partial charge in [0.15, 0.2) is 0 Å². The Balaban J connectivity index is 1.70. The van der Waals surface area contributed by atoms with Crippen molar-refractivity contribution in [1.29, 1.82) is 5.26 Å². The molecule has 0 fully saturated rings. The van der Waals surface area contributed by atoms with Gasteiger partial charge in [0.25, 0.3) is 0 Å². The molecule has 3 aromatic carbocycles. The Labute approximate surface area is 162 Å². The van der Waals surface area contributed by atoms with Gasteiger partial charge >= 0.3 is 0 Å². The maximum atomic E-state index is 8.94. The smallest absolute Gasteiger partial charge is 0.0991 e. The number of benzene rings is 3. The Hall–Kier alpha value is -2.67. The van der Waals surface area contributed by atoms with E-state index in [0.717, 1.165) is 31.6 Å². The average Bonchev–Trinajstić information content (AvgIpc) is 2.70. The van der Waals surface area contributed by atoms with Crippen molar-refractivity contribution < 1.29 is 0 Å². The summed E-state index contributed by atoms with van der Waals surface area (Å²) in [5, 5.41) is 11.5. The molecule has 0 aliphatic heterocycles. The van der Waals surface area contributed by atoms with Crippen LogP contribution in [-0.2, 0) is 6.42 Å². The second-order valence-corrected chi connectivity index (χ2v) is 7.44. The highest BCUT2D eigenvalue weighted by Gasteiger charge is 2.04. The summed E-state index contributed by atoms with van der Waals surface area (Å²) in [7, 11) is 6.42. The topological polar surface area (TPSA) is 30.3 Å². The number of hydrogen-bond acceptors (Lipinski definition) is 3. The molecule has 3 heteroatoms. The van der Waals surface area contributed by atoms with Gasteiger partial charge in [-0.3, -0.25) is 0 Å². The number of rotatable bonds is 7. The molecule has 0 unspecified atom stereocenters. The normalized spacial score (nSPS) is 11.3. The summed E-state index contributed by atoms with van der Waals surface area (Å²) in [6.45, 7) is 3.25. The Kier molecular flexibility index (Phi) is 6.24. The number of hydrogen-bond donors (Lipinski definition) is 0. The van der Waals surface area contributed by atoms with Gasteiger partial charge in [-0.1, -0.05) is 42.5 Å². The van der Waals surface area contributed by atoms with Gasteiger partial charge in [0.1, 0.15) is 0 Å². The van der Waals surface area contributed by atoms with Crippen LogP contribution in [0, 0.1) is 11.3 Å². The maximum absolute atomic E-state index is 8.94. The molecule has 0 saturated heterocycles. The molecular formula is C24H27N3. The van der Waals surface area contributed by atoms with Gasteiger partial charge < -0.3 is 9.80 Å². The number of fused-ring (bicyclic) bond motifs is 1. The molecule has 0 aromatic heterocycles. The van der Waals surface area contributed by atoms with Crippen LogP contribution in [0.3, 0.4) is 0 Å². The van der Waals surface area contributed by atoms with E-state index in [4.69, 9.17) is 5.26 Å². The van der Waals surface area contributed by atoms with Crippen molar-refractivity contribution in [2.45, 2.75) is 6.42 Å². The number of nitrogens with zero attached hydrogens (tertiary/aromatic N) is 3. The summed E-state index contributed by atoms with van der Waals surface area (Å²) >= 11 is 0. The molecule has 3 aromatic rings. The molecule has 27 heavy (non-hydrogen) atoms. The van der Waals surface area contributed by atoms with Gasteiger partial charge in [0, 0.05) is 19.6 Å². The predicted molar refractivity (Wildman–Crippen MR) is 114 cm³/mol. The van der Waals surface area contributed by atoms with Crippen molar-refractivity contribution in [3.05, 3.63) is 71.8 Å². The molecule has 0 saturated carbocycles. The monoisotopic (exact) mass is 357 g/mol. The molecule has 0 aliphatic rings. The third kappa shape index (κ3) is 5.17. The fraction of sp³-hybridized carbons (Fsp3) is 0.292. The van der Waals surface area contributed by atoms with Crippen molar-refractivity contribution in [3.63, 3.8) is 0 Å². The van der Waals surface area contributed by atoms with Gasteiger partial charge in [-0.25, -0.2) is 0 Å². The van der Waals surface area contributed by atoms with E-state index >= 15 is 0 Å². The lowest BCUT2D eigenvalue weighted by Crippen LogP contribution is -2.30. The summed E-state index contributed by atoms with van der Waals surface area (Å²) in [5.41, 5.74) is 4.40. The molecule has 0 N–H and O–H groups in total. The zero-order chi connectivity index (χ0) is 19.2. The molecule has 3 rings (SSSR count). The average molecular weight is 358 g/mol. The Morgan fingerprint density at radius 1 is 0.741 bits per heavy atom. The molecule has 0 aliphatic carbocycles. The Bertz CT molecular complexity index is 936. The lowest BCUT2D eigenvalue weighted by Gasteiger charge is -2.19. The second-order valence-electron chi connectivity index (χ2n) is 7.44. The molecule has 0 spiro atoms. The minimum absolute atomic E-state index is 0.694. The quantitative estimate of drug-likeness (QED) is 0.627. The lowest BCUT2D eigenvalue weighted by atomic mass is 9.98. The molecular weight excluding hydrogens is 330 g/mol. The van der Waals surface area contributed by atoms with E-state index < -0.39 is 0 Å². The van der Waals surface area contributed by atoms with Crippen LogP contribution in [0.1, 0.15) is 11.1 Å². The number of nitriles is 1. The number of likely N-dealkylation sites (N-methyl/N-ethyl adjacent to an activating group) is 2. The first-order chi connectivity index (χ1) is 13.0. The van der Waals surface area contributed by atoms with Crippen molar-refractivity contribution in [2.24, 2.45) is 0 Å². The first kappa shape index (κ1) is 19.1. The zero-order valence-corrected chi connectivity index (χ0v) is 16.4. The second kappa shape index (κ2) is 8.81. The molecule has 3 nitrogen and oxygen atoms in total. The molecule has 0 amide bonds. The lowest BCUT2D eigenvalue weighted by molar-refractivity contribution is 0.284. The molecule has 0 heterocycles. The summed E-state index contributed by atoms with van der Waals surface area (Å²) in [4.78, 5) is 4.61.